The van der Waals surface area contributed by atoms with E-state index in [9.17, 15) is 14.4 Å². The molecule has 8 nitrogen and oxygen atoms in total. The van der Waals surface area contributed by atoms with Gasteiger partial charge in [-0.1, -0.05) is 19.1 Å². The van der Waals surface area contributed by atoms with Crippen molar-refractivity contribution in [3.05, 3.63) is 58.5 Å². The summed E-state index contributed by atoms with van der Waals surface area (Å²) < 4.78 is 2.65. The molecule has 0 fully saturated rings. The molecule has 3 aromatic rings. The molecular weight excluding hydrogens is 322 g/mol. The van der Waals surface area contributed by atoms with E-state index >= 15 is 0 Å². The average Bonchev–Trinajstić information content (AvgIpc) is 3.01. The van der Waals surface area contributed by atoms with Crippen molar-refractivity contribution >= 4 is 22.9 Å². The van der Waals surface area contributed by atoms with E-state index in [2.05, 4.69) is 15.4 Å². The topological polar surface area (TPSA) is 98.4 Å². The Morgan fingerprint density at radius 2 is 2.04 bits per heavy atom. The van der Waals surface area contributed by atoms with Gasteiger partial charge in [-0.2, -0.15) is 5.10 Å². The van der Waals surface area contributed by atoms with Gasteiger partial charge in [-0.25, -0.2) is 9.67 Å². The van der Waals surface area contributed by atoms with E-state index < -0.39 is 5.91 Å². The molecule has 0 aliphatic rings. The fraction of sp³-hybridized carbons (Fsp3) is 0.235. The third kappa shape index (κ3) is 3.32. The summed E-state index contributed by atoms with van der Waals surface area (Å²) >= 11 is 0. The van der Waals surface area contributed by atoms with Crippen LogP contribution in [0.3, 0.4) is 0 Å². The number of imidazole rings is 1. The normalized spacial score (nSPS) is 10.8. The Morgan fingerprint density at radius 3 is 2.76 bits per heavy atom. The zero-order valence-electron chi connectivity index (χ0n) is 13.9. The van der Waals surface area contributed by atoms with Gasteiger partial charge in [-0.15, -0.1) is 0 Å². The van der Waals surface area contributed by atoms with Gasteiger partial charge in [0.1, 0.15) is 24.7 Å². The van der Waals surface area contributed by atoms with Crippen molar-refractivity contribution in [1.82, 2.24) is 19.2 Å². The molecule has 0 radical (unpaired) electrons. The molecule has 0 atom stereocenters. The minimum Gasteiger partial charge on any atom is -0.324 e. The minimum absolute atomic E-state index is 0.0905. The van der Waals surface area contributed by atoms with Gasteiger partial charge in [0.05, 0.1) is 5.69 Å². The summed E-state index contributed by atoms with van der Waals surface area (Å²) in [5, 5.41) is 6.66. The molecule has 0 aliphatic carbocycles. The van der Waals surface area contributed by atoms with Gasteiger partial charge >= 0.3 is 0 Å². The Balaban J connectivity index is 1.83. The van der Waals surface area contributed by atoms with Crippen LogP contribution in [0.25, 0.3) is 5.52 Å². The van der Waals surface area contributed by atoms with Crippen LogP contribution in [0.4, 0.5) is 5.69 Å². The third-order valence-corrected chi connectivity index (χ3v) is 3.80. The average molecular weight is 339 g/mol. The number of carbonyl (C=O) groups excluding carboxylic acids is 2. The van der Waals surface area contributed by atoms with Crippen LogP contribution in [0.2, 0.25) is 0 Å². The smallest absolute Gasteiger partial charge is 0.293 e. The van der Waals surface area contributed by atoms with Gasteiger partial charge in [0.2, 0.25) is 5.91 Å². The highest BCUT2D eigenvalue weighted by Crippen LogP contribution is 2.11. The second kappa shape index (κ2) is 6.68. The zero-order valence-corrected chi connectivity index (χ0v) is 13.9. The summed E-state index contributed by atoms with van der Waals surface area (Å²) in [6.07, 6.45) is 3.59. The van der Waals surface area contributed by atoms with Crippen molar-refractivity contribution < 1.29 is 9.59 Å². The van der Waals surface area contributed by atoms with E-state index in [1.807, 2.05) is 6.92 Å². The largest absolute Gasteiger partial charge is 0.324 e. The number of Topliss-reactive ketones (excluding diaryl/α,β-unsaturated/α-hetero) is 1. The molecule has 0 unspecified atom stereocenters. The minimum atomic E-state index is -0.405. The Hall–Kier alpha value is -3.29. The summed E-state index contributed by atoms with van der Waals surface area (Å²) in [6, 6.07) is 6.62. The monoisotopic (exact) mass is 339 g/mol. The van der Waals surface area contributed by atoms with Gasteiger partial charge in [0.25, 0.3) is 5.56 Å². The summed E-state index contributed by atoms with van der Waals surface area (Å²) in [4.78, 5) is 40.3. The Bertz CT molecular complexity index is 1020. The van der Waals surface area contributed by atoms with E-state index in [1.54, 1.807) is 28.7 Å². The first-order chi connectivity index (χ1) is 12.0. The number of ketones is 1. The highest BCUT2D eigenvalue weighted by molar-refractivity contribution is 5.97. The number of carbonyl (C=O) groups is 2. The van der Waals surface area contributed by atoms with Crippen LogP contribution < -0.4 is 10.9 Å². The van der Waals surface area contributed by atoms with Gasteiger partial charge < -0.3 is 5.32 Å². The van der Waals surface area contributed by atoms with Crippen LogP contribution in [0.1, 0.15) is 29.9 Å². The molecular formula is C17H17N5O3. The molecule has 0 spiro atoms. The van der Waals surface area contributed by atoms with Crippen LogP contribution in [-0.2, 0) is 17.8 Å². The first-order valence-electron chi connectivity index (χ1n) is 7.82. The second-order valence-electron chi connectivity index (χ2n) is 5.58. The molecule has 0 saturated carbocycles. The molecule has 2 aromatic heterocycles. The maximum Gasteiger partial charge on any atom is 0.293 e. The Kier molecular flexibility index (Phi) is 4.42. The molecule has 0 saturated heterocycles. The lowest BCUT2D eigenvalue weighted by Gasteiger charge is -2.08. The maximum absolute atomic E-state index is 12.5. The van der Waals surface area contributed by atoms with Crippen LogP contribution in [0.5, 0.6) is 0 Å². The van der Waals surface area contributed by atoms with Crippen molar-refractivity contribution in [1.29, 1.82) is 0 Å². The Morgan fingerprint density at radius 1 is 1.24 bits per heavy atom. The molecule has 8 heteroatoms. The number of amides is 1. The van der Waals surface area contributed by atoms with Gasteiger partial charge in [-0.05, 0) is 25.5 Å². The fourth-order valence-corrected chi connectivity index (χ4v) is 2.54. The van der Waals surface area contributed by atoms with Crippen LogP contribution in [-0.4, -0.2) is 30.9 Å². The highest BCUT2D eigenvalue weighted by Gasteiger charge is 2.13. The number of nitrogens with one attached hydrogen (secondary N) is 1. The van der Waals surface area contributed by atoms with Gasteiger partial charge in [-0.3, -0.25) is 18.8 Å². The standard InChI is InChI=1S/C17H17N5O3/c1-3-14-16-17(25)22(19-10-21(16)9-18-14)8-15(24)20-13-6-4-5-12(7-13)11(2)23/h4-7,9-10H,3,8H2,1-2H3,(H,20,24). The molecule has 0 bridgehead atoms. The van der Waals surface area contributed by atoms with Gasteiger partial charge in [0.15, 0.2) is 5.78 Å². The molecule has 0 aliphatic heterocycles. The van der Waals surface area contributed by atoms with Gasteiger partial charge in [0, 0.05) is 11.3 Å². The summed E-state index contributed by atoms with van der Waals surface area (Å²) in [6.45, 7) is 3.13. The predicted octanol–water partition coefficient (Wildman–Crippen LogP) is 1.29. The number of aromatic nitrogens is 4. The van der Waals surface area contributed by atoms with Crippen molar-refractivity contribution in [2.75, 3.05) is 5.32 Å². The number of fused-ring (bicyclic) bond motifs is 1. The summed E-state index contributed by atoms with van der Waals surface area (Å²) in [7, 11) is 0. The first kappa shape index (κ1) is 16.6. The lowest BCUT2D eigenvalue weighted by molar-refractivity contribution is -0.117. The van der Waals surface area contributed by atoms with Crippen molar-refractivity contribution in [3.63, 3.8) is 0 Å². The number of rotatable bonds is 5. The lowest BCUT2D eigenvalue weighted by Crippen LogP contribution is -2.30. The number of benzene rings is 1. The SMILES string of the molecule is CCc1ncn2cnn(CC(=O)Nc3cccc(C(C)=O)c3)c(=O)c12. The van der Waals surface area contributed by atoms with Crippen LogP contribution >= 0.6 is 0 Å². The number of hydrogen-bond acceptors (Lipinski definition) is 5. The maximum atomic E-state index is 12.5. The number of anilines is 1. The summed E-state index contributed by atoms with van der Waals surface area (Å²) in [5.41, 5.74) is 1.70. The summed E-state index contributed by atoms with van der Waals surface area (Å²) in [5.74, 6) is -0.496. The van der Waals surface area contributed by atoms with Crippen LogP contribution in [0.15, 0.2) is 41.7 Å². The van der Waals surface area contributed by atoms with Crippen LogP contribution in [0, 0.1) is 0 Å². The Labute approximate surface area is 143 Å². The number of hydrogen-bond donors (Lipinski definition) is 1. The molecule has 25 heavy (non-hydrogen) atoms. The zero-order chi connectivity index (χ0) is 18.0. The highest BCUT2D eigenvalue weighted by atomic mass is 16.2. The number of aryl methyl sites for hydroxylation is 1. The van der Waals surface area contributed by atoms with E-state index in [0.717, 1.165) is 4.68 Å². The molecule has 128 valence electrons. The quantitative estimate of drug-likeness (QED) is 0.706. The van der Waals surface area contributed by atoms with Crippen molar-refractivity contribution in [3.8, 4) is 0 Å². The second-order valence-corrected chi connectivity index (χ2v) is 5.58. The molecule has 3 rings (SSSR count). The molecule has 2 heterocycles. The number of nitrogens with zero attached hydrogens (tertiary/aromatic N) is 4. The van der Waals surface area contributed by atoms with Crippen molar-refractivity contribution in [2.24, 2.45) is 0 Å². The van der Waals surface area contributed by atoms with E-state index in [0.29, 0.717) is 28.9 Å². The van der Waals surface area contributed by atoms with E-state index in [1.165, 1.54) is 19.6 Å². The van der Waals surface area contributed by atoms with Crippen molar-refractivity contribution in [2.45, 2.75) is 26.8 Å². The third-order valence-electron chi connectivity index (χ3n) is 3.80. The fourth-order valence-electron chi connectivity index (χ4n) is 2.54. The van der Waals surface area contributed by atoms with E-state index in [4.69, 9.17) is 0 Å². The molecule has 1 N–H and O–H groups in total. The molecule has 1 amide bonds. The first-order valence-corrected chi connectivity index (χ1v) is 7.82. The van der Waals surface area contributed by atoms with E-state index in [-0.39, 0.29) is 17.9 Å². The predicted molar refractivity (Wildman–Crippen MR) is 91.7 cm³/mol. The molecule has 1 aromatic carbocycles. The lowest BCUT2D eigenvalue weighted by atomic mass is 10.1.